The number of aliphatic hydroxyl groups excluding tert-OH is 1. The van der Waals surface area contributed by atoms with Crippen LogP contribution >= 0.6 is 0 Å². The number of Topliss-reactive ketones (excluding diaryl/α,β-unsaturated/α-hetero) is 1. The number of ketones is 1. The van der Waals surface area contributed by atoms with E-state index in [1.165, 1.54) is 0 Å². The van der Waals surface area contributed by atoms with Crippen LogP contribution in [-0.2, 0) is 22.7 Å². The van der Waals surface area contributed by atoms with E-state index in [0.717, 1.165) is 22.3 Å². The van der Waals surface area contributed by atoms with E-state index in [-0.39, 0.29) is 37.1 Å². The molecule has 9 nitrogen and oxygen atoms in total. The lowest BCUT2D eigenvalue weighted by molar-refractivity contribution is -0.121. The zero-order valence-corrected chi connectivity index (χ0v) is 21.1. The molecule has 5 rings (SSSR count). The summed E-state index contributed by atoms with van der Waals surface area (Å²) in [5.74, 6) is 2.21. The smallest absolute Gasteiger partial charge is 0.173 e. The highest BCUT2D eigenvalue weighted by atomic mass is 16.7. The first-order valence-electron chi connectivity index (χ1n) is 12.5. The van der Waals surface area contributed by atoms with Gasteiger partial charge in [-0.3, -0.25) is 4.79 Å². The van der Waals surface area contributed by atoms with Crippen molar-refractivity contribution in [3.63, 3.8) is 0 Å². The molecule has 3 N–H and O–H groups in total. The van der Waals surface area contributed by atoms with Crippen LogP contribution in [0.3, 0.4) is 0 Å². The molecular weight excluding hydrogens is 476 g/mol. The molecule has 0 saturated heterocycles. The Morgan fingerprint density at radius 1 is 1.30 bits per heavy atom. The maximum atomic E-state index is 12.5. The summed E-state index contributed by atoms with van der Waals surface area (Å²) in [5.41, 5.74) is 10.3. The minimum Gasteiger partial charge on any atom is -0.496 e. The topological polar surface area (TPSA) is 122 Å². The number of benzene rings is 2. The minimum atomic E-state index is -0.334. The van der Waals surface area contributed by atoms with Crippen LogP contribution in [0, 0.1) is 0 Å². The number of nitrogens with two attached hydrogens (primary N) is 1. The van der Waals surface area contributed by atoms with Crippen molar-refractivity contribution in [2.24, 2.45) is 10.9 Å². The van der Waals surface area contributed by atoms with E-state index >= 15 is 0 Å². The standard InChI is InChI=1S/C28H32N2O7/c1-15(2)22-11-20-21(36-22)7-6-18(28(20)35-13-17(32)5-4-8-29)27-26-19-10-23(33-3)16(12-31)9-24(19)34-14-25(26)37-30-27/h6-7,9-10,22,25-26,31H,1,4-5,8,11-14,29H2,2-3H3/t22-,25?,26?/m1/s1. The quantitative estimate of drug-likeness (QED) is 0.470. The monoisotopic (exact) mass is 508 g/mol. The molecule has 196 valence electrons. The molecule has 0 fully saturated rings. The number of carbonyl (C=O) groups is 1. The van der Waals surface area contributed by atoms with Crippen molar-refractivity contribution in [1.29, 1.82) is 0 Å². The molecule has 3 heterocycles. The molecule has 0 spiro atoms. The Kier molecular flexibility index (Phi) is 7.08. The second-order valence-corrected chi connectivity index (χ2v) is 9.56. The van der Waals surface area contributed by atoms with E-state index in [2.05, 4.69) is 11.7 Å². The highest BCUT2D eigenvalue weighted by Gasteiger charge is 2.44. The van der Waals surface area contributed by atoms with Crippen LogP contribution in [-0.4, -0.2) is 55.7 Å². The molecule has 0 bridgehead atoms. The Bertz CT molecular complexity index is 1260. The fourth-order valence-electron chi connectivity index (χ4n) is 5.04. The van der Waals surface area contributed by atoms with Gasteiger partial charge in [-0.2, -0.15) is 0 Å². The van der Waals surface area contributed by atoms with Gasteiger partial charge in [0.2, 0.25) is 0 Å². The predicted octanol–water partition coefficient (Wildman–Crippen LogP) is 3.03. The molecule has 3 aliphatic rings. The van der Waals surface area contributed by atoms with Gasteiger partial charge in [-0.05, 0) is 49.7 Å². The van der Waals surface area contributed by atoms with Gasteiger partial charge in [0.25, 0.3) is 0 Å². The molecule has 0 amide bonds. The number of nitrogens with zero attached hydrogens (tertiary/aromatic N) is 1. The van der Waals surface area contributed by atoms with Gasteiger partial charge >= 0.3 is 0 Å². The van der Waals surface area contributed by atoms with Crippen LogP contribution in [0.1, 0.15) is 47.9 Å². The van der Waals surface area contributed by atoms with E-state index in [1.807, 2.05) is 25.1 Å². The highest BCUT2D eigenvalue weighted by Crippen LogP contribution is 2.47. The Labute approximate surface area is 215 Å². The molecule has 2 unspecified atom stereocenters. The van der Waals surface area contributed by atoms with E-state index in [0.29, 0.717) is 66.7 Å². The molecule has 0 radical (unpaired) electrons. The largest absolute Gasteiger partial charge is 0.496 e. The van der Waals surface area contributed by atoms with Gasteiger partial charge < -0.3 is 34.6 Å². The number of carbonyl (C=O) groups excluding carboxylic acids is 1. The first kappa shape index (κ1) is 25.1. The lowest BCUT2D eigenvalue weighted by Crippen LogP contribution is -2.33. The van der Waals surface area contributed by atoms with Crippen molar-refractivity contribution >= 4 is 11.5 Å². The van der Waals surface area contributed by atoms with E-state index in [1.54, 1.807) is 13.2 Å². The van der Waals surface area contributed by atoms with Crippen molar-refractivity contribution < 1.29 is 33.7 Å². The fraction of sp³-hybridized carbons (Fsp3) is 0.429. The van der Waals surface area contributed by atoms with E-state index < -0.39 is 0 Å². The molecule has 0 aliphatic carbocycles. The third kappa shape index (κ3) is 4.65. The molecular formula is C28H32N2O7. The highest BCUT2D eigenvalue weighted by molar-refractivity contribution is 6.09. The number of rotatable bonds is 10. The van der Waals surface area contributed by atoms with Gasteiger partial charge in [0.15, 0.2) is 11.9 Å². The maximum absolute atomic E-state index is 12.5. The third-order valence-electron chi connectivity index (χ3n) is 7.01. The van der Waals surface area contributed by atoms with Gasteiger partial charge in [-0.1, -0.05) is 11.7 Å². The number of hydrogen-bond acceptors (Lipinski definition) is 9. The summed E-state index contributed by atoms with van der Waals surface area (Å²) >= 11 is 0. The summed E-state index contributed by atoms with van der Waals surface area (Å²) in [6.45, 7) is 6.49. The van der Waals surface area contributed by atoms with Gasteiger partial charge in [0, 0.05) is 35.1 Å². The van der Waals surface area contributed by atoms with Crippen LogP contribution in [0.25, 0.3) is 0 Å². The Morgan fingerprint density at radius 2 is 2.14 bits per heavy atom. The van der Waals surface area contributed by atoms with Crippen molar-refractivity contribution in [3.8, 4) is 23.0 Å². The van der Waals surface area contributed by atoms with Crippen LogP contribution in [0.4, 0.5) is 0 Å². The third-order valence-corrected chi connectivity index (χ3v) is 7.01. The number of methoxy groups -OCH3 is 1. The van der Waals surface area contributed by atoms with Crippen molar-refractivity contribution in [2.75, 3.05) is 26.9 Å². The molecule has 9 heteroatoms. The Balaban J connectivity index is 1.55. The van der Waals surface area contributed by atoms with Gasteiger partial charge in [-0.25, -0.2) is 0 Å². The second kappa shape index (κ2) is 10.4. The first-order valence-corrected chi connectivity index (χ1v) is 12.5. The lowest BCUT2D eigenvalue weighted by atomic mass is 9.83. The number of aliphatic hydroxyl groups is 1. The average Bonchev–Trinajstić information content (AvgIpc) is 3.54. The molecule has 2 aromatic carbocycles. The molecule has 2 aromatic rings. The summed E-state index contributed by atoms with van der Waals surface area (Å²) in [5, 5.41) is 14.2. The van der Waals surface area contributed by atoms with Gasteiger partial charge in [0.05, 0.1) is 19.6 Å². The molecule has 3 aliphatic heterocycles. The van der Waals surface area contributed by atoms with E-state index in [4.69, 9.17) is 29.5 Å². The summed E-state index contributed by atoms with van der Waals surface area (Å²) in [6, 6.07) is 7.47. The fourth-order valence-corrected chi connectivity index (χ4v) is 5.04. The summed E-state index contributed by atoms with van der Waals surface area (Å²) < 4.78 is 23.8. The Morgan fingerprint density at radius 3 is 2.86 bits per heavy atom. The molecule has 3 atom stereocenters. The van der Waals surface area contributed by atoms with Crippen LogP contribution in [0.5, 0.6) is 23.0 Å². The van der Waals surface area contributed by atoms with E-state index in [9.17, 15) is 9.90 Å². The van der Waals surface area contributed by atoms with Crippen molar-refractivity contribution in [3.05, 3.63) is 58.7 Å². The predicted molar refractivity (Wildman–Crippen MR) is 137 cm³/mol. The zero-order chi connectivity index (χ0) is 26.1. The number of ether oxygens (including phenoxy) is 4. The normalized spacial score (nSPS) is 21.0. The van der Waals surface area contributed by atoms with Crippen molar-refractivity contribution in [1.82, 2.24) is 0 Å². The average molecular weight is 509 g/mol. The number of hydrogen-bond donors (Lipinski definition) is 2. The zero-order valence-electron chi connectivity index (χ0n) is 21.1. The second-order valence-electron chi connectivity index (χ2n) is 9.56. The molecule has 37 heavy (non-hydrogen) atoms. The SMILES string of the molecule is C=C(C)[C@H]1Cc2c(ccc(C3=NOC4COc5cc(CO)c(OC)cc5C34)c2OCC(=O)CCCN)O1. The van der Waals surface area contributed by atoms with Gasteiger partial charge in [-0.15, -0.1) is 0 Å². The Hall–Kier alpha value is -3.56. The van der Waals surface area contributed by atoms with Crippen LogP contribution < -0.4 is 24.7 Å². The summed E-state index contributed by atoms with van der Waals surface area (Å²) in [4.78, 5) is 18.3. The summed E-state index contributed by atoms with van der Waals surface area (Å²) in [7, 11) is 1.56. The van der Waals surface area contributed by atoms with Crippen LogP contribution in [0.2, 0.25) is 0 Å². The first-order chi connectivity index (χ1) is 17.9. The molecule has 0 saturated carbocycles. The van der Waals surface area contributed by atoms with Crippen molar-refractivity contribution in [2.45, 2.75) is 50.9 Å². The maximum Gasteiger partial charge on any atom is 0.173 e. The summed E-state index contributed by atoms with van der Waals surface area (Å²) in [6.07, 6.45) is 1.05. The van der Waals surface area contributed by atoms with Crippen LogP contribution in [0.15, 0.2) is 41.6 Å². The minimum absolute atomic E-state index is 0.0236. The number of oxime groups is 1. The molecule has 0 aromatic heterocycles. The lowest BCUT2D eigenvalue weighted by Gasteiger charge is -2.29. The number of fused-ring (bicyclic) bond motifs is 4. The van der Waals surface area contributed by atoms with Gasteiger partial charge in [0.1, 0.15) is 48.0 Å².